The van der Waals surface area contributed by atoms with Crippen LogP contribution in [-0.2, 0) is 19.5 Å². The lowest BCUT2D eigenvalue weighted by atomic mass is 9.82. The van der Waals surface area contributed by atoms with Crippen LogP contribution in [-0.4, -0.2) is 51.9 Å². The van der Waals surface area contributed by atoms with E-state index in [-0.39, 0.29) is 10.3 Å². The second kappa shape index (κ2) is 5.19. The van der Waals surface area contributed by atoms with Crippen LogP contribution in [0.1, 0.15) is 13.8 Å². The second-order valence-electron chi connectivity index (χ2n) is 6.43. The number of hydrogen-bond donors (Lipinski definition) is 0. The van der Waals surface area contributed by atoms with Gasteiger partial charge in [0.2, 0.25) is 10.0 Å². The van der Waals surface area contributed by atoms with E-state index >= 15 is 0 Å². The summed E-state index contributed by atoms with van der Waals surface area (Å²) in [6, 6.07) is 6.43. The van der Waals surface area contributed by atoms with Gasteiger partial charge in [-0.05, 0) is 38.1 Å². The maximum atomic E-state index is 12.6. The molecule has 0 aliphatic carbocycles. The molecule has 2 heterocycles. The lowest BCUT2D eigenvalue weighted by Gasteiger charge is -2.53. The van der Waals surface area contributed by atoms with Crippen molar-refractivity contribution in [1.29, 1.82) is 0 Å². The fraction of sp³-hybridized carbons (Fsp3) is 0.600. The predicted molar refractivity (Wildman–Crippen MR) is 80.2 cm³/mol. The Kier molecular flexibility index (Phi) is 3.71. The van der Waals surface area contributed by atoms with Crippen molar-refractivity contribution in [3.05, 3.63) is 24.3 Å². The number of ether oxygens (including phenoxy) is 3. The smallest absolute Gasteiger partial charge is 0.243 e. The molecule has 6 nitrogen and oxygen atoms in total. The maximum absolute atomic E-state index is 12.6. The van der Waals surface area contributed by atoms with E-state index in [9.17, 15) is 8.42 Å². The number of sulfonamides is 1. The third kappa shape index (κ3) is 2.74. The Morgan fingerprint density at radius 1 is 1.09 bits per heavy atom. The lowest BCUT2D eigenvalue weighted by Crippen LogP contribution is -2.65. The van der Waals surface area contributed by atoms with Crippen molar-refractivity contribution in [3.63, 3.8) is 0 Å². The number of methoxy groups -OCH3 is 1. The van der Waals surface area contributed by atoms with E-state index in [1.54, 1.807) is 31.4 Å². The average molecular weight is 327 g/mol. The molecule has 0 N–H and O–H groups in total. The molecule has 0 amide bonds. The molecule has 2 aliphatic rings. The highest BCUT2D eigenvalue weighted by Crippen LogP contribution is 2.40. The molecule has 22 heavy (non-hydrogen) atoms. The van der Waals surface area contributed by atoms with Crippen molar-refractivity contribution in [2.75, 3.05) is 33.4 Å². The summed E-state index contributed by atoms with van der Waals surface area (Å²) in [5.74, 6) is 0.0518. The summed E-state index contributed by atoms with van der Waals surface area (Å²) in [6.45, 7) is 5.63. The first-order chi connectivity index (χ1) is 10.3. The lowest BCUT2D eigenvalue weighted by molar-refractivity contribution is -0.299. The van der Waals surface area contributed by atoms with E-state index in [1.807, 2.05) is 13.8 Å². The standard InChI is InChI=1S/C15H21NO5S/c1-14(2)20-10-15(11-21-14)8-16(9-15)22(17,18)13-6-4-12(19-3)5-7-13/h4-7H,8-11H2,1-3H3. The van der Waals surface area contributed by atoms with Gasteiger partial charge in [0, 0.05) is 18.5 Å². The number of hydrogen-bond acceptors (Lipinski definition) is 5. The van der Waals surface area contributed by atoms with Crippen molar-refractivity contribution in [2.45, 2.75) is 24.5 Å². The van der Waals surface area contributed by atoms with Crippen LogP contribution in [0, 0.1) is 5.41 Å². The van der Waals surface area contributed by atoms with Crippen LogP contribution in [0.2, 0.25) is 0 Å². The fourth-order valence-electron chi connectivity index (χ4n) is 2.69. The highest BCUT2D eigenvalue weighted by Gasteiger charge is 2.52. The molecule has 122 valence electrons. The quantitative estimate of drug-likeness (QED) is 0.841. The minimum absolute atomic E-state index is 0.213. The van der Waals surface area contributed by atoms with Gasteiger partial charge in [-0.25, -0.2) is 8.42 Å². The van der Waals surface area contributed by atoms with Gasteiger partial charge in [-0.1, -0.05) is 0 Å². The van der Waals surface area contributed by atoms with E-state index in [4.69, 9.17) is 14.2 Å². The van der Waals surface area contributed by atoms with E-state index in [0.717, 1.165) is 0 Å². The topological polar surface area (TPSA) is 65.1 Å². The molecule has 7 heteroatoms. The van der Waals surface area contributed by atoms with Crippen LogP contribution in [0.5, 0.6) is 5.75 Å². The summed E-state index contributed by atoms with van der Waals surface area (Å²) < 4.78 is 43.0. The predicted octanol–water partition coefficient (Wildman–Crippen LogP) is 1.47. The van der Waals surface area contributed by atoms with Crippen molar-refractivity contribution in [2.24, 2.45) is 5.41 Å². The molecule has 1 aromatic rings. The van der Waals surface area contributed by atoms with Crippen LogP contribution < -0.4 is 4.74 Å². The molecule has 2 saturated heterocycles. The van der Waals surface area contributed by atoms with Gasteiger partial charge >= 0.3 is 0 Å². The zero-order chi connectivity index (χ0) is 16.0. The maximum Gasteiger partial charge on any atom is 0.243 e. The Hall–Kier alpha value is -1.15. The zero-order valence-corrected chi connectivity index (χ0v) is 13.9. The summed E-state index contributed by atoms with van der Waals surface area (Å²) in [4.78, 5) is 0.279. The Bertz CT molecular complexity index is 635. The van der Waals surface area contributed by atoms with Crippen molar-refractivity contribution < 1.29 is 22.6 Å². The van der Waals surface area contributed by atoms with E-state index in [0.29, 0.717) is 32.1 Å². The molecular weight excluding hydrogens is 306 g/mol. The second-order valence-corrected chi connectivity index (χ2v) is 8.36. The van der Waals surface area contributed by atoms with Crippen molar-refractivity contribution >= 4 is 10.0 Å². The largest absolute Gasteiger partial charge is 0.497 e. The van der Waals surface area contributed by atoms with Gasteiger partial charge in [-0.3, -0.25) is 0 Å². The average Bonchev–Trinajstić information content (AvgIpc) is 2.45. The summed E-state index contributed by atoms with van der Waals surface area (Å²) >= 11 is 0. The molecule has 0 bridgehead atoms. The van der Waals surface area contributed by atoms with Gasteiger partial charge in [0.15, 0.2) is 5.79 Å². The summed E-state index contributed by atoms with van der Waals surface area (Å²) in [5, 5.41) is 0. The van der Waals surface area contributed by atoms with E-state index < -0.39 is 15.8 Å². The third-order valence-electron chi connectivity index (χ3n) is 4.17. The van der Waals surface area contributed by atoms with Crippen LogP contribution in [0.25, 0.3) is 0 Å². The molecule has 0 aromatic heterocycles. The molecule has 2 aliphatic heterocycles. The Labute approximate surface area is 131 Å². The fourth-order valence-corrected chi connectivity index (χ4v) is 4.35. The number of rotatable bonds is 3. The van der Waals surface area contributed by atoms with E-state index in [2.05, 4.69) is 0 Å². The minimum Gasteiger partial charge on any atom is -0.497 e. The van der Waals surface area contributed by atoms with Crippen LogP contribution in [0.4, 0.5) is 0 Å². The molecule has 0 atom stereocenters. The van der Waals surface area contributed by atoms with Gasteiger partial charge in [-0.2, -0.15) is 4.31 Å². The van der Waals surface area contributed by atoms with E-state index in [1.165, 1.54) is 4.31 Å². The Morgan fingerprint density at radius 2 is 1.64 bits per heavy atom. The summed E-state index contributed by atoms with van der Waals surface area (Å²) in [5.41, 5.74) is -0.213. The van der Waals surface area contributed by atoms with Crippen LogP contribution in [0.15, 0.2) is 29.2 Å². The highest BCUT2D eigenvalue weighted by molar-refractivity contribution is 7.89. The highest BCUT2D eigenvalue weighted by atomic mass is 32.2. The molecule has 2 fully saturated rings. The Morgan fingerprint density at radius 3 is 2.14 bits per heavy atom. The first-order valence-electron chi connectivity index (χ1n) is 7.19. The van der Waals surface area contributed by atoms with Gasteiger partial charge in [0.05, 0.1) is 25.2 Å². The summed E-state index contributed by atoms with van der Waals surface area (Å²) in [7, 11) is -1.92. The van der Waals surface area contributed by atoms with Crippen LogP contribution in [0.3, 0.4) is 0 Å². The third-order valence-corrected chi connectivity index (χ3v) is 5.98. The zero-order valence-electron chi connectivity index (χ0n) is 13.0. The first kappa shape index (κ1) is 15.7. The number of nitrogens with zero attached hydrogens (tertiary/aromatic N) is 1. The van der Waals surface area contributed by atoms with Gasteiger partial charge in [0.25, 0.3) is 0 Å². The first-order valence-corrected chi connectivity index (χ1v) is 8.63. The molecule has 0 radical (unpaired) electrons. The summed E-state index contributed by atoms with van der Waals surface area (Å²) in [6.07, 6.45) is 0. The van der Waals surface area contributed by atoms with Gasteiger partial charge < -0.3 is 14.2 Å². The molecule has 1 spiro atoms. The number of benzene rings is 1. The normalized spacial score (nSPS) is 24.0. The molecule has 0 saturated carbocycles. The van der Waals surface area contributed by atoms with Crippen LogP contribution >= 0.6 is 0 Å². The minimum atomic E-state index is -3.46. The molecule has 3 rings (SSSR count). The van der Waals surface area contributed by atoms with Gasteiger partial charge in [0.1, 0.15) is 5.75 Å². The molecule has 1 aromatic carbocycles. The SMILES string of the molecule is COc1ccc(S(=O)(=O)N2CC3(COC(C)(C)OC3)C2)cc1. The Balaban J connectivity index is 1.68. The molecule has 0 unspecified atom stereocenters. The monoisotopic (exact) mass is 327 g/mol. The van der Waals surface area contributed by atoms with Crippen molar-refractivity contribution in [1.82, 2.24) is 4.31 Å². The van der Waals surface area contributed by atoms with Gasteiger partial charge in [-0.15, -0.1) is 0 Å². The van der Waals surface area contributed by atoms with Crippen molar-refractivity contribution in [3.8, 4) is 5.75 Å². The molecular formula is C15H21NO5S.